The lowest BCUT2D eigenvalue weighted by Gasteiger charge is -2.12. The van der Waals surface area contributed by atoms with Crippen molar-refractivity contribution < 1.29 is 9.59 Å². The molecule has 3 aromatic rings. The van der Waals surface area contributed by atoms with Gasteiger partial charge >= 0.3 is 0 Å². The van der Waals surface area contributed by atoms with E-state index in [0.717, 1.165) is 16.9 Å². The SMILES string of the molecule is CC(NC(=O)c1cccc(-n2nccc2-c2ccccc2)c1)C(N)=O. The van der Waals surface area contributed by atoms with Crippen LogP contribution in [0, 0.1) is 0 Å². The van der Waals surface area contributed by atoms with Crippen LogP contribution >= 0.6 is 0 Å². The fourth-order valence-corrected chi connectivity index (χ4v) is 2.47. The summed E-state index contributed by atoms with van der Waals surface area (Å²) < 4.78 is 1.77. The normalized spacial score (nSPS) is 11.7. The second-order valence-electron chi connectivity index (χ2n) is 5.64. The highest BCUT2D eigenvalue weighted by Crippen LogP contribution is 2.22. The fraction of sp³-hybridized carbons (Fsp3) is 0.105. The van der Waals surface area contributed by atoms with Gasteiger partial charge in [0.1, 0.15) is 6.04 Å². The van der Waals surface area contributed by atoms with Crippen molar-refractivity contribution in [2.45, 2.75) is 13.0 Å². The van der Waals surface area contributed by atoms with Gasteiger partial charge in [-0.05, 0) is 31.2 Å². The number of amides is 2. The molecule has 126 valence electrons. The maximum absolute atomic E-state index is 12.3. The Kier molecular flexibility index (Phi) is 4.61. The van der Waals surface area contributed by atoms with Crippen LogP contribution in [-0.2, 0) is 4.79 Å². The zero-order valence-corrected chi connectivity index (χ0v) is 13.7. The van der Waals surface area contributed by atoms with Crippen molar-refractivity contribution in [3.05, 3.63) is 72.4 Å². The summed E-state index contributed by atoms with van der Waals surface area (Å²) in [5.41, 5.74) is 8.31. The molecule has 0 radical (unpaired) electrons. The van der Waals surface area contributed by atoms with Crippen LogP contribution in [0.1, 0.15) is 17.3 Å². The molecule has 3 rings (SSSR count). The van der Waals surface area contributed by atoms with E-state index in [4.69, 9.17) is 5.73 Å². The standard InChI is InChI=1S/C19H18N4O2/c1-13(18(20)24)22-19(25)15-8-5-9-16(12-15)23-17(10-11-21-23)14-6-3-2-4-7-14/h2-13H,1H3,(H2,20,24)(H,22,25). The Labute approximate surface area is 145 Å². The monoisotopic (exact) mass is 334 g/mol. The number of benzene rings is 2. The average molecular weight is 334 g/mol. The van der Waals surface area contributed by atoms with E-state index in [1.807, 2.05) is 42.5 Å². The highest BCUT2D eigenvalue weighted by molar-refractivity contribution is 5.97. The lowest BCUT2D eigenvalue weighted by atomic mass is 10.1. The summed E-state index contributed by atoms with van der Waals surface area (Å²) in [6.45, 7) is 1.55. The minimum Gasteiger partial charge on any atom is -0.368 e. The minimum atomic E-state index is -0.735. The Bertz CT molecular complexity index is 903. The molecular formula is C19H18N4O2. The minimum absolute atomic E-state index is 0.360. The van der Waals surface area contributed by atoms with Gasteiger partial charge in [0, 0.05) is 11.1 Å². The van der Waals surface area contributed by atoms with Crippen molar-refractivity contribution in [3.8, 4) is 16.9 Å². The van der Waals surface area contributed by atoms with Crippen LogP contribution in [0.2, 0.25) is 0 Å². The van der Waals surface area contributed by atoms with E-state index in [1.54, 1.807) is 36.0 Å². The summed E-state index contributed by atoms with van der Waals surface area (Å²) in [4.78, 5) is 23.4. The fourth-order valence-electron chi connectivity index (χ4n) is 2.47. The number of carbonyl (C=O) groups is 2. The van der Waals surface area contributed by atoms with Gasteiger partial charge in [-0.3, -0.25) is 9.59 Å². The Morgan fingerprint density at radius 2 is 1.84 bits per heavy atom. The molecule has 0 aliphatic rings. The molecule has 1 aromatic heterocycles. The third-order valence-corrected chi connectivity index (χ3v) is 3.84. The number of nitrogens with zero attached hydrogens (tertiary/aromatic N) is 2. The van der Waals surface area contributed by atoms with E-state index in [2.05, 4.69) is 10.4 Å². The first-order chi connectivity index (χ1) is 12.1. The van der Waals surface area contributed by atoms with Gasteiger partial charge in [0.05, 0.1) is 17.6 Å². The zero-order valence-electron chi connectivity index (χ0n) is 13.7. The van der Waals surface area contributed by atoms with Crippen molar-refractivity contribution in [2.24, 2.45) is 5.73 Å². The van der Waals surface area contributed by atoms with Gasteiger partial charge in [-0.25, -0.2) is 4.68 Å². The number of hydrogen-bond donors (Lipinski definition) is 2. The summed E-state index contributed by atoms with van der Waals surface area (Å²) >= 11 is 0. The second-order valence-corrected chi connectivity index (χ2v) is 5.64. The maximum Gasteiger partial charge on any atom is 0.251 e. The molecule has 0 saturated carbocycles. The molecule has 6 nitrogen and oxygen atoms in total. The van der Waals surface area contributed by atoms with Crippen LogP contribution in [0.4, 0.5) is 0 Å². The number of carbonyl (C=O) groups excluding carboxylic acids is 2. The quantitative estimate of drug-likeness (QED) is 0.749. The molecule has 0 saturated heterocycles. The van der Waals surface area contributed by atoms with Crippen LogP contribution in [-0.4, -0.2) is 27.6 Å². The highest BCUT2D eigenvalue weighted by Gasteiger charge is 2.15. The number of aromatic nitrogens is 2. The molecule has 1 heterocycles. The topological polar surface area (TPSA) is 90.0 Å². The summed E-state index contributed by atoms with van der Waals surface area (Å²) in [6, 6.07) is 18.1. The molecular weight excluding hydrogens is 316 g/mol. The molecule has 1 unspecified atom stereocenters. The lowest BCUT2D eigenvalue weighted by Crippen LogP contribution is -2.42. The number of nitrogens with two attached hydrogens (primary N) is 1. The predicted octanol–water partition coefficient (Wildman–Crippen LogP) is 2.14. The number of rotatable bonds is 5. The van der Waals surface area contributed by atoms with Gasteiger partial charge < -0.3 is 11.1 Å². The molecule has 2 aromatic carbocycles. The lowest BCUT2D eigenvalue weighted by molar-refractivity contribution is -0.119. The summed E-state index contributed by atoms with van der Waals surface area (Å²) in [7, 11) is 0. The van der Waals surface area contributed by atoms with E-state index in [1.165, 1.54) is 0 Å². The molecule has 0 fully saturated rings. The Morgan fingerprint density at radius 1 is 1.08 bits per heavy atom. The first kappa shape index (κ1) is 16.4. The Balaban J connectivity index is 1.92. The van der Waals surface area contributed by atoms with Crippen molar-refractivity contribution in [2.75, 3.05) is 0 Å². The van der Waals surface area contributed by atoms with Gasteiger partial charge in [-0.1, -0.05) is 36.4 Å². The van der Waals surface area contributed by atoms with Crippen LogP contribution in [0.25, 0.3) is 16.9 Å². The van der Waals surface area contributed by atoms with Crippen LogP contribution in [0.5, 0.6) is 0 Å². The number of hydrogen-bond acceptors (Lipinski definition) is 3. The van der Waals surface area contributed by atoms with E-state index in [-0.39, 0.29) is 5.91 Å². The van der Waals surface area contributed by atoms with Crippen LogP contribution < -0.4 is 11.1 Å². The molecule has 0 bridgehead atoms. The van der Waals surface area contributed by atoms with E-state index in [9.17, 15) is 9.59 Å². The van der Waals surface area contributed by atoms with Gasteiger partial charge in [0.2, 0.25) is 5.91 Å². The predicted molar refractivity (Wildman–Crippen MR) is 95.1 cm³/mol. The third-order valence-electron chi connectivity index (χ3n) is 3.84. The smallest absolute Gasteiger partial charge is 0.251 e. The first-order valence-electron chi connectivity index (χ1n) is 7.86. The molecule has 0 spiro atoms. The molecule has 2 amide bonds. The summed E-state index contributed by atoms with van der Waals surface area (Å²) in [5.74, 6) is -0.940. The van der Waals surface area contributed by atoms with Gasteiger partial charge in [0.25, 0.3) is 5.91 Å². The van der Waals surface area contributed by atoms with Crippen molar-refractivity contribution in [3.63, 3.8) is 0 Å². The van der Waals surface area contributed by atoms with E-state index in [0.29, 0.717) is 5.56 Å². The average Bonchev–Trinajstić information content (AvgIpc) is 3.12. The molecule has 1 atom stereocenters. The molecule has 0 aliphatic carbocycles. The zero-order chi connectivity index (χ0) is 17.8. The van der Waals surface area contributed by atoms with Crippen LogP contribution in [0.3, 0.4) is 0 Å². The summed E-state index contributed by atoms with van der Waals surface area (Å²) in [5, 5.41) is 6.93. The Hall–Kier alpha value is -3.41. The van der Waals surface area contributed by atoms with Gasteiger partial charge in [0.15, 0.2) is 0 Å². The molecule has 6 heteroatoms. The van der Waals surface area contributed by atoms with Crippen molar-refractivity contribution in [1.82, 2.24) is 15.1 Å². The molecule has 3 N–H and O–H groups in total. The Morgan fingerprint density at radius 3 is 2.56 bits per heavy atom. The first-order valence-corrected chi connectivity index (χ1v) is 7.86. The largest absolute Gasteiger partial charge is 0.368 e. The van der Waals surface area contributed by atoms with Crippen molar-refractivity contribution in [1.29, 1.82) is 0 Å². The third kappa shape index (κ3) is 3.58. The van der Waals surface area contributed by atoms with Crippen molar-refractivity contribution >= 4 is 11.8 Å². The summed E-state index contributed by atoms with van der Waals surface area (Å²) in [6.07, 6.45) is 1.71. The van der Waals surface area contributed by atoms with Gasteiger partial charge in [-0.2, -0.15) is 5.10 Å². The van der Waals surface area contributed by atoms with Gasteiger partial charge in [-0.15, -0.1) is 0 Å². The molecule has 0 aliphatic heterocycles. The number of nitrogens with one attached hydrogen (secondary N) is 1. The van der Waals surface area contributed by atoms with E-state index < -0.39 is 11.9 Å². The van der Waals surface area contributed by atoms with Crippen LogP contribution in [0.15, 0.2) is 66.9 Å². The second kappa shape index (κ2) is 7.00. The highest BCUT2D eigenvalue weighted by atomic mass is 16.2. The molecule has 25 heavy (non-hydrogen) atoms. The number of primary amides is 1. The van der Waals surface area contributed by atoms with E-state index >= 15 is 0 Å². The maximum atomic E-state index is 12.3.